The molecule has 0 fully saturated rings. The molecular formula is C41H53Cl5F2N7O11PS. The molecule has 0 bridgehead atoms. The highest BCUT2D eigenvalue weighted by molar-refractivity contribution is 7.92. The molecule has 68 heavy (non-hydrogen) atoms. The zero-order valence-corrected chi connectivity index (χ0v) is 43.3. The Labute approximate surface area is 417 Å². The lowest BCUT2D eigenvalue weighted by atomic mass is 10.0. The first-order valence-electron chi connectivity index (χ1n) is 20.2. The van der Waals surface area contributed by atoms with Crippen LogP contribution in [-0.2, 0) is 40.1 Å². The summed E-state index contributed by atoms with van der Waals surface area (Å²) in [6, 6.07) is 14.6. The van der Waals surface area contributed by atoms with Gasteiger partial charge in [0.2, 0.25) is 15.9 Å². The Morgan fingerprint density at radius 3 is 2.22 bits per heavy atom. The molecule has 1 aliphatic rings. The molecule has 3 atom stereocenters. The number of fused-ring (bicyclic) bond motifs is 1. The maximum Gasteiger partial charge on any atom is 0.355 e. The predicted molar refractivity (Wildman–Crippen MR) is 263 cm³/mol. The Bertz CT molecular complexity index is 2590. The minimum atomic E-state index is -3.65. The van der Waals surface area contributed by atoms with E-state index in [0.717, 1.165) is 41.2 Å². The molecule has 27 heteroatoms. The highest BCUT2D eigenvalue weighted by Crippen LogP contribution is 2.36. The lowest BCUT2D eigenvalue weighted by Gasteiger charge is -2.35. The largest absolute Gasteiger partial charge is 0.489 e. The first-order chi connectivity index (χ1) is 31.6. The van der Waals surface area contributed by atoms with Gasteiger partial charge in [-0.15, -0.1) is 16.7 Å². The van der Waals surface area contributed by atoms with Crippen LogP contribution < -0.4 is 30.7 Å². The Morgan fingerprint density at radius 2 is 1.71 bits per heavy atom. The third-order valence-electron chi connectivity index (χ3n) is 9.19. The summed E-state index contributed by atoms with van der Waals surface area (Å²) in [5.41, 5.74) is 7.66. The average Bonchev–Trinajstić information content (AvgIpc) is 3.56. The number of nitrogens with zero attached hydrogens (tertiary/aromatic N) is 5. The fourth-order valence-electron chi connectivity index (χ4n) is 5.99. The van der Waals surface area contributed by atoms with Crippen molar-refractivity contribution in [3.05, 3.63) is 92.1 Å². The highest BCUT2D eigenvalue weighted by Gasteiger charge is 2.32. The molecule has 3 unspecified atom stereocenters. The van der Waals surface area contributed by atoms with Gasteiger partial charge < -0.3 is 30.1 Å². The maximum absolute atomic E-state index is 12.8. The van der Waals surface area contributed by atoms with Gasteiger partial charge in [0, 0.05) is 19.4 Å². The number of rotatable bonds is 15. The number of carbonyl (C=O) groups excluding carboxylic acids is 2. The van der Waals surface area contributed by atoms with E-state index in [9.17, 15) is 40.9 Å². The van der Waals surface area contributed by atoms with Crippen LogP contribution in [0.3, 0.4) is 0 Å². The molecule has 2 heterocycles. The number of nitrogens with two attached hydrogens (primary N) is 1. The number of ether oxygens (including phenoxy) is 2. The summed E-state index contributed by atoms with van der Waals surface area (Å²) < 4.78 is 72.8. The monoisotopic (exact) mass is 1100 g/mol. The Balaban J connectivity index is 0.000000321. The van der Waals surface area contributed by atoms with E-state index in [1.165, 1.54) is 19.7 Å². The summed E-state index contributed by atoms with van der Waals surface area (Å²) in [4.78, 5) is 56.9. The number of carbonyl (C=O) groups is 3. The van der Waals surface area contributed by atoms with E-state index in [0.29, 0.717) is 23.6 Å². The minimum Gasteiger partial charge on any atom is -0.489 e. The Hall–Kier alpha value is -4.02. The zero-order chi connectivity index (χ0) is 51.8. The van der Waals surface area contributed by atoms with Gasteiger partial charge in [-0.3, -0.25) is 28.6 Å². The first kappa shape index (κ1) is 60.1. The Morgan fingerprint density at radius 1 is 1.07 bits per heavy atom. The molecule has 0 aliphatic carbocycles. The molecule has 0 saturated heterocycles. The summed E-state index contributed by atoms with van der Waals surface area (Å²) in [6.07, 6.45) is 1.77. The van der Waals surface area contributed by atoms with Crippen molar-refractivity contribution in [2.75, 3.05) is 59.4 Å². The zero-order valence-electron chi connectivity index (χ0n) is 37.8. The van der Waals surface area contributed by atoms with E-state index >= 15 is 0 Å². The van der Waals surface area contributed by atoms with Crippen molar-refractivity contribution < 1.29 is 55.6 Å². The van der Waals surface area contributed by atoms with Gasteiger partial charge in [-0.25, -0.2) is 17.8 Å². The maximum atomic E-state index is 12.8. The van der Waals surface area contributed by atoms with Gasteiger partial charge in [-0.2, -0.15) is 13.5 Å². The van der Waals surface area contributed by atoms with Crippen LogP contribution >= 0.6 is 65.4 Å². The third-order valence-corrected chi connectivity index (χ3v) is 12.1. The van der Waals surface area contributed by atoms with Crippen LogP contribution in [0.5, 0.6) is 5.75 Å². The molecule has 1 aromatic heterocycles. The summed E-state index contributed by atoms with van der Waals surface area (Å²) in [5.74, 6) is -1.17. The highest BCUT2D eigenvalue weighted by atomic mass is 35.5. The number of hydrogen-bond acceptors (Lipinski definition) is 11. The molecule has 378 valence electrons. The smallest absolute Gasteiger partial charge is 0.355 e. The number of carboxylic acid groups (broad SMARTS) is 1. The van der Waals surface area contributed by atoms with Crippen molar-refractivity contribution in [1.82, 2.24) is 14.3 Å². The van der Waals surface area contributed by atoms with Crippen molar-refractivity contribution in [3.8, 4) is 11.4 Å². The number of aromatic nitrogens is 3. The van der Waals surface area contributed by atoms with Gasteiger partial charge >= 0.3 is 18.2 Å². The summed E-state index contributed by atoms with van der Waals surface area (Å²) in [5, 5.41) is 11.9. The van der Waals surface area contributed by atoms with E-state index in [-0.39, 0.29) is 74.9 Å². The molecule has 18 nitrogen and oxygen atoms in total. The molecular weight excluding hydrogens is 1040 g/mol. The molecule has 2 amide bonds. The topological polar surface area (TPSA) is 246 Å². The molecule has 3 aromatic carbocycles. The molecule has 4 aromatic rings. The summed E-state index contributed by atoms with van der Waals surface area (Å²) in [7, 11) is -6.75. The lowest BCUT2D eigenvalue weighted by Crippen LogP contribution is -2.47. The van der Waals surface area contributed by atoms with Gasteiger partial charge in [0.25, 0.3) is 5.91 Å². The number of aliphatic carboxylic acids is 1. The Kier molecular flexibility index (Phi) is 24.2. The van der Waals surface area contributed by atoms with Crippen LogP contribution in [0.15, 0.2) is 59.4 Å². The van der Waals surface area contributed by atoms with E-state index in [1.54, 1.807) is 9.80 Å². The van der Waals surface area contributed by atoms with E-state index in [2.05, 4.69) is 16.7 Å². The van der Waals surface area contributed by atoms with E-state index < -0.39 is 46.5 Å². The number of halogens is 7. The van der Waals surface area contributed by atoms with Gasteiger partial charge in [-0.05, 0) is 75.9 Å². The van der Waals surface area contributed by atoms with Crippen molar-refractivity contribution >= 4 is 110 Å². The van der Waals surface area contributed by atoms with E-state index in [4.69, 9.17) is 83.2 Å². The number of sulfonamides is 1. The van der Waals surface area contributed by atoms with Crippen LogP contribution in [0.4, 0.5) is 25.8 Å². The third kappa shape index (κ3) is 18.1. The van der Waals surface area contributed by atoms with Crippen molar-refractivity contribution in [2.45, 2.75) is 70.9 Å². The van der Waals surface area contributed by atoms with Crippen LogP contribution in [0.2, 0.25) is 10.0 Å². The number of anilines is 3. The number of nitrogens with one attached hydrogen (secondary N) is 1. The van der Waals surface area contributed by atoms with E-state index in [1.807, 2.05) is 63.2 Å². The quantitative estimate of drug-likeness (QED) is 0.0504. The summed E-state index contributed by atoms with van der Waals surface area (Å²) >= 11 is 28.8. The van der Waals surface area contributed by atoms with Gasteiger partial charge in [-0.1, -0.05) is 83.7 Å². The number of para-hydroxylation sites is 3. The van der Waals surface area contributed by atoms with Crippen molar-refractivity contribution in [2.24, 2.45) is 5.73 Å². The van der Waals surface area contributed by atoms with Gasteiger partial charge in [0.1, 0.15) is 36.8 Å². The average molecular weight is 1100 g/mol. The number of aryl methyl sites for hydroxylation is 3. The van der Waals surface area contributed by atoms with Gasteiger partial charge in [0.05, 0.1) is 45.1 Å². The fraction of sp³-hybridized carbons (Fsp3) is 0.439. The molecule has 1 aliphatic heterocycles. The number of alkyl halides is 5. The second-order valence-electron chi connectivity index (χ2n) is 14.7. The van der Waals surface area contributed by atoms with Crippen LogP contribution in [0, 0.1) is 13.8 Å². The molecule has 0 saturated carbocycles. The van der Waals surface area contributed by atoms with Gasteiger partial charge in [0.15, 0.2) is 12.2 Å². The second kappa shape index (κ2) is 27.4. The molecule has 0 spiro atoms. The standard InChI is InChI=1S/C14H20ClNO2.C11H10Cl2F2N4O3S.C11H11Cl2NO2.C5H12NO4P/c1-4-12-8-6-7-11(3)14(12)16(10-18-5-2)13(17)9-15;1-5-16-19(11(20)18(5)10(14)15)9-4-8(17-23(2,21)22)6(12)3-7(9)13;1-7-6-16-9-5-3-2-4-8(9)14(7)11(15)10(12)13;1-11(9,10)3-2-4(6)5(7)8/h6-8H,4-5,9-10H2,1-3H3;3-4,10,17H,1-2H3;2-5,7,10H,6H2,1H3;4H,2-3,6H2,1H3,(H,7,8)(H,9,10). The second-order valence-corrected chi connectivity index (χ2v) is 21.2. The molecule has 5 N–H and O–H groups in total. The lowest BCUT2D eigenvalue weighted by molar-refractivity contribution is -0.138. The van der Waals surface area contributed by atoms with Crippen molar-refractivity contribution in [1.29, 1.82) is 0 Å². The molecule has 0 radical (unpaired) electrons. The number of hydrogen-bond donors (Lipinski definition) is 4. The predicted octanol–water partition coefficient (Wildman–Crippen LogP) is 7.83. The normalized spacial score (nSPS) is 14.4. The number of benzene rings is 3. The van der Waals surface area contributed by atoms with Crippen molar-refractivity contribution in [3.63, 3.8) is 0 Å². The summed E-state index contributed by atoms with van der Waals surface area (Å²) in [6.45, 7) is 8.47. The fourth-order valence-corrected chi connectivity index (χ4v) is 8.23. The number of carboxylic acids is 1. The minimum absolute atomic E-state index is 0.0257. The van der Waals surface area contributed by atoms with Crippen LogP contribution in [0.25, 0.3) is 5.69 Å². The first-order valence-corrected chi connectivity index (χ1v) is 26.5. The van der Waals surface area contributed by atoms with Crippen LogP contribution in [-0.4, -0.2) is 112 Å². The molecule has 5 rings (SSSR count). The SMILES string of the molecule is CC1COc2ccccc2N1C(=O)C(Cl)Cl.CCOCN(C(=O)CCl)c1c(C)cccc1CC.CP(=O)(O)CCC(N)C(=O)O.Cc1nn(-c2cc(NS(C)(=O)=O)c(Cl)cc2Cl)c(=O)n1C(F)F. The number of amides is 2. The van der Waals surface area contributed by atoms with Crippen LogP contribution in [0.1, 0.15) is 50.7 Å².